The van der Waals surface area contributed by atoms with Crippen molar-refractivity contribution in [2.24, 2.45) is 18.0 Å². The van der Waals surface area contributed by atoms with Crippen LogP contribution in [-0.4, -0.2) is 33.8 Å². The summed E-state index contributed by atoms with van der Waals surface area (Å²) in [5.41, 5.74) is 0. The first-order chi connectivity index (χ1) is 13.7. The van der Waals surface area contributed by atoms with Crippen LogP contribution in [0.3, 0.4) is 0 Å². The molecule has 3 rings (SSSR count). The van der Waals surface area contributed by atoms with Crippen molar-refractivity contribution < 1.29 is 0 Å². The molecule has 2 heterocycles. The Hall–Kier alpha value is -1.16. The molecule has 0 bridgehead atoms. The van der Waals surface area contributed by atoms with Crippen LogP contribution < -0.4 is 10.6 Å². The summed E-state index contributed by atoms with van der Waals surface area (Å²) >= 11 is 1.80. The molecule has 1 aliphatic carbocycles. The van der Waals surface area contributed by atoms with Crippen LogP contribution in [0.5, 0.6) is 0 Å². The standard InChI is InChI=1S/C21H34N6S.HI/c1-17-25-26-20(27(17)2)16-24-21(23-14-12-19-11-7-15-28-19)22-13-6-5-10-18-8-3-4-9-18;/h7,11,15,18H,3-6,8-10,12-14,16H2,1-2H3,(H2,22,23,24);1H. The molecule has 0 atom stereocenters. The summed E-state index contributed by atoms with van der Waals surface area (Å²) in [5, 5.41) is 17.4. The predicted octanol–water partition coefficient (Wildman–Crippen LogP) is 4.44. The van der Waals surface area contributed by atoms with E-state index in [-0.39, 0.29) is 24.0 Å². The summed E-state index contributed by atoms with van der Waals surface area (Å²) in [6.07, 6.45) is 10.7. The maximum atomic E-state index is 4.74. The summed E-state index contributed by atoms with van der Waals surface area (Å²) in [6.45, 7) is 4.35. The molecule has 2 aromatic rings. The largest absolute Gasteiger partial charge is 0.356 e. The zero-order valence-corrected chi connectivity index (χ0v) is 20.8. The van der Waals surface area contributed by atoms with Crippen molar-refractivity contribution in [3.63, 3.8) is 0 Å². The third kappa shape index (κ3) is 8.24. The van der Waals surface area contributed by atoms with Crippen molar-refractivity contribution in [3.05, 3.63) is 34.0 Å². The number of thiophene rings is 1. The Balaban J connectivity index is 0.00000300. The van der Waals surface area contributed by atoms with Crippen LogP contribution in [0.2, 0.25) is 0 Å². The smallest absolute Gasteiger partial charge is 0.191 e. The molecule has 1 aliphatic rings. The van der Waals surface area contributed by atoms with E-state index in [4.69, 9.17) is 4.99 Å². The zero-order chi connectivity index (χ0) is 19.6. The van der Waals surface area contributed by atoms with Crippen molar-refractivity contribution in [1.29, 1.82) is 0 Å². The SMILES string of the molecule is Cc1nnc(CN=C(NCCCCC2CCCC2)NCCc2cccs2)n1C.I. The number of nitrogens with zero attached hydrogens (tertiary/aromatic N) is 4. The highest BCUT2D eigenvalue weighted by molar-refractivity contribution is 14.0. The van der Waals surface area contributed by atoms with E-state index in [1.807, 2.05) is 18.5 Å². The van der Waals surface area contributed by atoms with Crippen LogP contribution >= 0.6 is 35.3 Å². The van der Waals surface area contributed by atoms with Crippen molar-refractivity contribution in [2.75, 3.05) is 13.1 Å². The number of aromatic nitrogens is 3. The first-order valence-electron chi connectivity index (χ1n) is 10.6. The van der Waals surface area contributed by atoms with E-state index < -0.39 is 0 Å². The Morgan fingerprint density at radius 3 is 2.69 bits per heavy atom. The summed E-state index contributed by atoms with van der Waals surface area (Å²) in [4.78, 5) is 6.13. The molecule has 0 radical (unpaired) electrons. The average Bonchev–Trinajstić information content (AvgIpc) is 3.45. The molecule has 0 unspecified atom stereocenters. The first kappa shape index (κ1) is 24.1. The van der Waals surface area contributed by atoms with Gasteiger partial charge >= 0.3 is 0 Å². The van der Waals surface area contributed by atoms with E-state index in [0.717, 1.165) is 43.0 Å². The minimum atomic E-state index is 0. The normalized spacial score (nSPS) is 14.8. The van der Waals surface area contributed by atoms with E-state index in [2.05, 4.69) is 38.3 Å². The summed E-state index contributed by atoms with van der Waals surface area (Å²) < 4.78 is 1.99. The van der Waals surface area contributed by atoms with Crippen LogP contribution in [0.15, 0.2) is 22.5 Å². The van der Waals surface area contributed by atoms with Gasteiger partial charge in [-0.25, -0.2) is 4.99 Å². The fourth-order valence-corrected chi connectivity index (χ4v) is 4.44. The number of aliphatic imine (C=N–C) groups is 1. The lowest BCUT2D eigenvalue weighted by atomic mass is 10.0. The summed E-state index contributed by atoms with van der Waals surface area (Å²) in [5.74, 6) is 3.66. The van der Waals surface area contributed by atoms with Crippen molar-refractivity contribution in [3.8, 4) is 0 Å². The number of rotatable bonds is 10. The van der Waals surface area contributed by atoms with Crippen LogP contribution in [0, 0.1) is 12.8 Å². The number of hydrogen-bond donors (Lipinski definition) is 2. The lowest BCUT2D eigenvalue weighted by Gasteiger charge is -2.13. The maximum absolute atomic E-state index is 4.74. The Kier molecular flexibility index (Phi) is 11.0. The van der Waals surface area contributed by atoms with Gasteiger partial charge in [-0.3, -0.25) is 0 Å². The van der Waals surface area contributed by atoms with E-state index >= 15 is 0 Å². The fraction of sp³-hybridized carbons (Fsp3) is 0.667. The number of hydrogen-bond acceptors (Lipinski definition) is 4. The number of nitrogens with one attached hydrogen (secondary N) is 2. The Morgan fingerprint density at radius 2 is 2.00 bits per heavy atom. The molecule has 1 saturated carbocycles. The van der Waals surface area contributed by atoms with E-state index in [0.29, 0.717) is 6.54 Å². The highest BCUT2D eigenvalue weighted by atomic mass is 127. The molecular weight excluding hydrogens is 495 g/mol. The molecule has 8 heteroatoms. The third-order valence-electron chi connectivity index (χ3n) is 5.61. The van der Waals surface area contributed by atoms with E-state index in [9.17, 15) is 0 Å². The average molecular weight is 531 g/mol. The number of halogens is 1. The van der Waals surface area contributed by atoms with Gasteiger partial charge in [0.1, 0.15) is 12.4 Å². The molecule has 0 aromatic carbocycles. The van der Waals surface area contributed by atoms with Crippen molar-refractivity contribution >= 4 is 41.3 Å². The highest BCUT2D eigenvalue weighted by Gasteiger charge is 2.14. The van der Waals surface area contributed by atoms with Crippen LogP contribution in [0.4, 0.5) is 0 Å². The second kappa shape index (κ2) is 13.2. The van der Waals surface area contributed by atoms with Crippen molar-refractivity contribution in [2.45, 2.75) is 64.8 Å². The number of unbranched alkanes of at least 4 members (excludes halogenated alkanes) is 1. The molecule has 0 amide bonds. The van der Waals surface area contributed by atoms with Crippen LogP contribution in [-0.2, 0) is 20.0 Å². The van der Waals surface area contributed by atoms with Gasteiger partial charge in [0.05, 0.1) is 0 Å². The molecule has 1 fully saturated rings. The molecule has 2 aromatic heterocycles. The maximum Gasteiger partial charge on any atom is 0.191 e. The second-order valence-corrected chi connectivity index (χ2v) is 8.75. The van der Waals surface area contributed by atoms with Gasteiger partial charge < -0.3 is 15.2 Å². The lowest BCUT2D eigenvalue weighted by Crippen LogP contribution is -2.39. The molecule has 29 heavy (non-hydrogen) atoms. The van der Waals surface area contributed by atoms with Gasteiger partial charge in [-0.15, -0.1) is 45.5 Å². The molecule has 162 valence electrons. The Labute approximate surface area is 196 Å². The molecule has 0 aliphatic heterocycles. The topological polar surface area (TPSA) is 67.1 Å². The van der Waals surface area contributed by atoms with Crippen molar-refractivity contribution in [1.82, 2.24) is 25.4 Å². The second-order valence-electron chi connectivity index (χ2n) is 7.72. The molecule has 6 nitrogen and oxygen atoms in total. The highest BCUT2D eigenvalue weighted by Crippen LogP contribution is 2.28. The minimum absolute atomic E-state index is 0. The van der Waals surface area contributed by atoms with Gasteiger partial charge in [-0.1, -0.05) is 44.6 Å². The fourth-order valence-electron chi connectivity index (χ4n) is 3.74. The van der Waals surface area contributed by atoms with Gasteiger partial charge in [0.2, 0.25) is 0 Å². The van der Waals surface area contributed by atoms with Gasteiger partial charge in [0, 0.05) is 25.0 Å². The quantitative estimate of drug-likeness (QED) is 0.206. The van der Waals surface area contributed by atoms with E-state index in [1.54, 1.807) is 11.3 Å². The minimum Gasteiger partial charge on any atom is -0.356 e. The van der Waals surface area contributed by atoms with Crippen LogP contribution in [0.1, 0.15) is 61.5 Å². The molecule has 0 saturated heterocycles. The van der Waals surface area contributed by atoms with Gasteiger partial charge in [0.15, 0.2) is 11.8 Å². The zero-order valence-electron chi connectivity index (χ0n) is 17.7. The van der Waals surface area contributed by atoms with Gasteiger partial charge in [-0.2, -0.15) is 0 Å². The van der Waals surface area contributed by atoms with Gasteiger partial charge in [-0.05, 0) is 37.1 Å². The van der Waals surface area contributed by atoms with Gasteiger partial charge in [0.25, 0.3) is 0 Å². The third-order valence-corrected chi connectivity index (χ3v) is 6.55. The molecule has 0 spiro atoms. The number of aryl methyl sites for hydroxylation is 1. The Morgan fingerprint density at radius 1 is 1.21 bits per heavy atom. The predicted molar refractivity (Wildman–Crippen MR) is 132 cm³/mol. The molecular formula is C21H35IN6S. The van der Waals surface area contributed by atoms with E-state index in [1.165, 1.54) is 49.8 Å². The first-order valence-corrected chi connectivity index (χ1v) is 11.5. The molecule has 2 N–H and O–H groups in total. The number of guanidine groups is 1. The van der Waals surface area contributed by atoms with Crippen LogP contribution in [0.25, 0.3) is 0 Å². The summed E-state index contributed by atoms with van der Waals surface area (Å²) in [7, 11) is 1.99. The summed E-state index contributed by atoms with van der Waals surface area (Å²) in [6, 6.07) is 4.29. The lowest BCUT2D eigenvalue weighted by molar-refractivity contribution is 0.472. The Bertz CT molecular complexity index is 722. The monoisotopic (exact) mass is 530 g/mol.